The standard InChI is InChI=1S/C21H23NO3/c1-15(13-19-14-17-5-3-4-6-20(17)25-19)22-21(23)12-9-16-7-10-18(24-2)11-8-16/h3-8,10-11,14-15H,9,12-13H2,1-2H3,(H,22,23). The molecule has 4 nitrogen and oxygen atoms in total. The number of rotatable bonds is 7. The summed E-state index contributed by atoms with van der Waals surface area (Å²) in [6, 6.07) is 17.8. The summed E-state index contributed by atoms with van der Waals surface area (Å²) in [6.45, 7) is 2.00. The van der Waals surface area contributed by atoms with Crippen molar-refractivity contribution in [1.82, 2.24) is 5.32 Å². The first-order chi connectivity index (χ1) is 12.1. The molecule has 4 heteroatoms. The Labute approximate surface area is 147 Å². The number of ether oxygens (including phenoxy) is 1. The van der Waals surface area contributed by atoms with E-state index in [4.69, 9.17) is 9.15 Å². The Kier molecular flexibility index (Phi) is 5.39. The third-order valence-electron chi connectivity index (χ3n) is 4.19. The molecule has 1 heterocycles. The highest BCUT2D eigenvalue weighted by molar-refractivity contribution is 5.78. The van der Waals surface area contributed by atoms with Crippen molar-refractivity contribution in [1.29, 1.82) is 0 Å². The number of nitrogens with one attached hydrogen (secondary N) is 1. The first-order valence-electron chi connectivity index (χ1n) is 8.54. The number of para-hydroxylation sites is 1. The molecule has 0 aliphatic heterocycles. The van der Waals surface area contributed by atoms with E-state index >= 15 is 0 Å². The van der Waals surface area contributed by atoms with Crippen LogP contribution in [-0.4, -0.2) is 19.1 Å². The van der Waals surface area contributed by atoms with Gasteiger partial charge in [-0.15, -0.1) is 0 Å². The molecule has 1 amide bonds. The fourth-order valence-corrected chi connectivity index (χ4v) is 2.89. The van der Waals surface area contributed by atoms with Gasteiger partial charge in [-0.1, -0.05) is 30.3 Å². The van der Waals surface area contributed by atoms with Gasteiger partial charge in [-0.3, -0.25) is 4.79 Å². The molecule has 1 unspecified atom stereocenters. The zero-order valence-electron chi connectivity index (χ0n) is 14.6. The molecule has 3 rings (SSSR count). The van der Waals surface area contributed by atoms with Gasteiger partial charge in [0.1, 0.15) is 17.1 Å². The summed E-state index contributed by atoms with van der Waals surface area (Å²) < 4.78 is 10.9. The van der Waals surface area contributed by atoms with Crippen LogP contribution in [0.1, 0.15) is 24.7 Å². The number of hydrogen-bond acceptors (Lipinski definition) is 3. The van der Waals surface area contributed by atoms with Gasteiger partial charge in [-0.2, -0.15) is 0 Å². The molecule has 0 aliphatic rings. The number of benzene rings is 2. The van der Waals surface area contributed by atoms with Crippen molar-refractivity contribution in [3.05, 3.63) is 65.9 Å². The van der Waals surface area contributed by atoms with Crippen LogP contribution in [0.4, 0.5) is 0 Å². The van der Waals surface area contributed by atoms with Gasteiger partial charge < -0.3 is 14.5 Å². The number of furan rings is 1. The lowest BCUT2D eigenvalue weighted by atomic mass is 10.1. The highest BCUT2D eigenvalue weighted by atomic mass is 16.5. The van der Waals surface area contributed by atoms with Crippen molar-refractivity contribution in [2.75, 3.05) is 7.11 Å². The average Bonchev–Trinajstić information content (AvgIpc) is 3.02. The Balaban J connectivity index is 1.48. The number of amides is 1. The van der Waals surface area contributed by atoms with E-state index in [0.29, 0.717) is 19.3 Å². The van der Waals surface area contributed by atoms with Gasteiger partial charge in [-0.05, 0) is 43.2 Å². The molecular formula is C21H23NO3. The SMILES string of the molecule is COc1ccc(CCC(=O)NC(C)Cc2cc3ccccc3o2)cc1. The monoisotopic (exact) mass is 337 g/mol. The number of carbonyl (C=O) groups is 1. The molecule has 1 aromatic heterocycles. The summed E-state index contributed by atoms with van der Waals surface area (Å²) in [5.41, 5.74) is 2.01. The minimum atomic E-state index is 0.0314. The molecule has 3 aromatic rings. The minimum Gasteiger partial charge on any atom is -0.497 e. The molecule has 2 aromatic carbocycles. The molecule has 0 saturated heterocycles. The topological polar surface area (TPSA) is 51.5 Å². The maximum atomic E-state index is 12.1. The highest BCUT2D eigenvalue weighted by Gasteiger charge is 2.11. The van der Waals surface area contributed by atoms with Crippen LogP contribution in [0.2, 0.25) is 0 Å². The van der Waals surface area contributed by atoms with E-state index in [-0.39, 0.29) is 11.9 Å². The molecule has 25 heavy (non-hydrogen) atoms. The third-order valence-corrected chi connectivity index (χ3v) is 4.19. The second kappa shape index (κ2) is 7.88. The van der Waals surface area contributed by atoms with E-state index in [0.717, 1.165) is 28.0 Å². The van der Waals surface area contributed by atoms with Crippen molar-refractivity contribution in [2.24, 2.45) is 0 Å². The molecule has 1 atom stereocenters. The van der Waals surface area contributed by atoms with Crippen LogP contribution < -0.4 is 10.1 Å². The Bertz CT molecular complexity index is 803. The van der Waals surface area contributed by atoms with E-state index in [2.05, 4.69) is 5.32 Å². The van der Waals surface area contributed by atoms with Gasteiger partial charge >= 0.3 is 0 Å². The molecule has 0 aliphatic carbocycles. The minimum absolute atomic E-state index is 0.0314. The summed E-state index contributed by atoms with van der Waals surface area (Å²) in [5.74, 6) is 1.77. The zero-order valence-corrected chi connectivity index (χ0v) is 14.6. The van der Waals surface area contributed by atoms with Gasteiger partial charge in [0.05, 0.1) is 7.11 Å². The van der Waals surface area contributed by atoms with E-state index in [1.54, 1.807) is 7.11 Å². The Morgan fingerprint density at radius 3 is 2.64 bits per heavy atom. The molecule has 0 bridgehead atoms. The molecule has 1 N–H and O–H groups in total. The fraction of sp³-hybridized carbons (Fsp3) is 0.286. The van der Waals surface area contributed by atoms with Crippen LogP contribution in [0.5, 0.6) is 5.75 Å². The van der Waals surface area contributed by atoms with Crippen molar-refractivity contribution in [3.63, 3.8) is 0 Å². The lowest BCUT2D eigenvalue weighted by molar-refractivity contribution is -0.121. The van der Waals surface area contributed by atoms with Gasteiger partial charge in [0, 0.05) is 24.3 Å². The molecule has 0 saturated carbocycles. The van der Waals surface area contributed by atoms with Crippen LogP contribution in [0, 0.1) is 0 Å². The number of methoxy groups -OCH3 is 1. The lowest BCUT2D eigenvalue weighted by Crippen LogP contribution is -2.34. The average molecular weight is 337 g/mol. The normalized spacial score (nSPS) is 12.1. The van der Waals surface area contributed by atoms with Gasteiger partial charge in [0.15, 0.2) is 0 Å². The van der Waals surface area contributed by atoms with Crippen LogP contribution in [-0.2, 0) is 17.6 Å². The smallest absolute Gasteiger partial charge is 0.220 e. The lowest BCUT2D eigenvalue weighted by Gasteiger charge is -2.12. The van der Waals surface area contributed by atoms with E-state index in [1.807, 2.05) is 61.5 Å². The van der Waals surface area contributed by atoms with Crippen LogP contribution in [0.15, 0.2) is 59.0 Å². The predicted molar refractivity (Wildman–Crippen MR) is 98.8 cm³/mol. The Morgan fingerprint density at radius 2 is 1.92 bits per heavy atom. The van der Waals surface area contributed by atoms with Crippen LogP contribution >= 0.6 is 0 Å². The van der Waals surface area contributed by atoms with Crippen LogP contribution in [0.25, 0.3) is 11.0 Å². The zero-order chi connectivity index (χ0) is 17.6. The van der Waals surface area contributed by atoms with Crippen LogP contribution in [0.3, 0.4) is 0 Å². The highest BCUT2D eigenvalue weighted by Crippen LogP contribution is 2.19. The summed E-state index contributed by atoms with van der Waals surface area (Å²) in [7, 11) is 1.64. The van der Waals surface area contributed by atoms with E-state index in [1.165, 1.54) is 0 Å². The summed E-state index contributed by atoms with van der Waals surface area (Å²) in [6.07, 6.45) is 1.87. The predicted octanol–water partition coefficient (Wildman–Crippen LogP) is 4.12. The molecule has 0 fully saturated rings. The molecule has 0 radical (unpaired) electrons. The largest absolute Gasteiger partial charge is 0.497 e. The summed E-state index contributed by atoms with van der Waals surface area (Å²) in [5, 5.41) is 4.13. The quantitative estimate of drug-likeness (QED) is 0.705. The molecule has 130 valence electrons. The van der Waals surface area contributed by atoms with Gasteiger partial charge in [0.25, 0.3) is 0 Å². The fourth-order valence-electron chi connectivity index (χ4n) is 2.89. The first kappa shape index (κ1) is 17.1. The first-order valence-corrected chi connectivity index (χ1v) is 8.54. The van der Waals surface area contributed by atoms with Gasteiger partial charge in [-0.25, -0.2) is 0 Å². The second-order valence-electron chi connectivity index (χ2n) is 6.27. The number of aryl methyl sites for hydroxylation is 1. The summed E-state index contributed by atoms with van der Waals surface area (Å²) >= 11 is 0. The van der Waals surface area contributed by atoms with Crippen molar-refractivity contribution in [2.45, 2.75) is 32.2 Å². The van der Waals surface area contributed by atoms with Crippen molar-refractivity contribution < 1.29 is 13.9 Å². The van der Waals surface area contributed by atoms with E-state index < -0.39 is 0 Å². The maximum absolute atomic E-state index is 12.1. The Morgan fingerprint density at radius 1 is 1.16 bits per heavy atom. The molecule has 0 spiro atoms. The number of fused-ring (bicyclic) bond motifs is 1. The van der Waals surface area contributed by atoms with Crippen molar-refractivity contribution >= 4 is 16.9 Å². The second-order valence-corrected chi connectivity index (χ2v) is 6.27. The molecular weight excluding hydrogens is 314 g/mol. The Hall–Kier alpha value is -2.75. The third kappa shape index (κ3) is 4.63. The number of carbonyl (C=O) groups excluding carboxylic acids is 1. The number of hydrogen-bond donors (Lipinski definition) is 1. The van der Waals surface area contributed by atoms with Crippen molar-refractivity contribution in [3.8, 4) is 5.75 Å². The van der Waals surface area contributed by atoms with E-state index in [9.17, 15) is 4.79 Å². The summed E-state index contributed by atoms with van der Waals surface area (Å²) in [4.78, 5) is 12.1. The van der Waals surface area contributed by atoms with Gasteiger partial charge in [0.2, 0.25) is 5.91 Å². The maximum Gasteiger partial charge on any atom is 0.220 e.